The fourth-order valence-electron chi connectivity index (χ4n) is 3.18. The molecule has 1 aliphatic heterocycles. The van der Waals surface area contributed by atoms with E-state index >= 15 is 0 Å². The van der Waals surface area contributed by atoms with Crippen LogP contribution in [0, 0.1) is 0 Å². The number of ether oxygens (including phenoxy) is 1. The molecule has 3 heteroatoms. The lowest BCUT2D eigenvalue weighted by Crippen LogP contribution is -2.45. The number of para-hydroxylation sites is 1. The third kappa shape index (κ3) is 3.53. The Morgan fingerprint density at radius 3 is 2.55 bits per heavy atom. The molecule has 112 valence electrons. The summed E-state index contributed by atoms with van der Waals surface area (Å²) in [6, 6.07) is 8.91. The first-order valence-electron chi connectivity index (χ1n) is 7.79. The molecule has 1 aromatic rings. The van der Waals surface area contributed by atoms with E-state index in [1.54, 1.807) is 0 Å². The van der Waals surface area contributed by atoms with E-state index in [9.17, 15) is 5.11 Å². The standard InChI is InChI=1S/C17H27NO2/c1-4-20-17-11-6-5-10-15(17)16(19)12-18-13(2)8-7-9-14(18)3/h5-6,10-11,13-14,16,19H,4,7-9,12H2,1-3H3/t13-,14+,16?. The topological polar surface area (TPSA) is 32.7 Å². The summed E-state index contributed by atoms with van der Waals surface area (Å²) in [5, 5.41) is 10.6. The predicted molar refractivity (Wildman–Crippen MR) is 82.1 cm³/mol. The number of aliphatic hydroxyl groups is 1. The Kier molecular flexibility index (Phi) is 5.44. The number of aliphatic hydroxyl groups excluding tert-OH is 1. The van der Waals surface area contributed by atoms with Crippen molar-refractivity contribution < 1.29 is 9.84 Å². The molecule has 0 aromatic heterocycles. The Balaban J connectivity index is 2.09. The molecule has 1 aliphatic rings. The van der Waals surface area contributed by atoms with Crippen LogP contribution in [0.3, 0.4) is 0 Å². The molecular weight excluding hydrogens is 250 g/mol. The van der Waals surface area contributed by atoms with Crippen LogP contribution in [0.1, 0.15) is 51.7 Å². The van der Waals surface area contributed by atoms with Gasteiger partial charge in [-0.25, -0.2) is 0 Å². The number of β-amino-alcohol motifs (C(OH)–C–C–N with tert-alkyl or cyclic N) is 1. The lowest BCUT2D eigenvalue weighted by molar-refractivity contribution is 0.0400. The lowest BCUT2D eigenvalue weighted by atomic mass is 9.96. The Morgan fingerprint density at radius 1 is 1.25 bits per heavy atom. The average molecular weight is 277 g/mol. The van der Waals surface area contributed by atoms with Crippen molar-refractivity contribution in [3.63, 3.8) is 0 Å². The first-order valence-corrected chi connectivity index (χ1v) is 7.79. The molecule has 0 saturated carbocycles. The first-order chi connectivity index (χ1) is 9.63. The van der Waals surface area contributed by atoms with E-state index in [4.69, 9.17) is 4.74 Å². The van der Waals surface area contributed by atoms with Crippen molar-refractivity contribution in [3.8, 4) is 5.75 Å². The van der Waals surface area contributed by atoms with Gasteiger partial charge >= 0.3 is 0 Å². The van der Waals surface area contributed by atoms with Crippen molar-refractivity contribution in [2.45, 2.75) is 58.2 Å². The van der Waals surface area contributed by atoms with Gasteiger partial charge in [-0.2, -0.15) is 0 Å². The number of rotatable bonds is 5. The minimum Gasteiger partial charge on any atom is -0.493 e. The highest BCUT2D eigenvalue weighted by atomic mass is 16.5. The molecule has 0 spiro atoms. The van der Waals surface area contributed by atoms with Crippen LogP contribution in [0.25, 0.3) is 0 Å². The number of nitrogens with zero attached hydrogens (tertiary/aromatic N) is 1. The number of piperidine rings is 1. The summed E-state index contributed by atoms with van der Waals surface area (Å²) >= 11 is 0. The highest BCUT2D eigenvalue weighted by Crippen LogP contribution is 2.29. The van der Waals surface area contributed by atoms with Gasteiger partial charge in [0.05, 0.1) is 12.7 Å². The highest BCUT2D eigenvalue weighted by molar-refractivity contribution is 5.35. The molecule has 3 atom stereocenters. The van der Waals surface area contributed by atoms with Crippen molar-refractivity contribution in [1.82, 2.24) is 4.90 Å². The molecule has 1 N–H and O–H groups in total. The maximum absolute atomic E-state index is 10.6. The van der Waals surface area contributed by atoms with Gasteiger partial charge < -0.3 is 9.84 Å². The van der Waals surface area contributed by atoms with Crippen LogP contribution in [-0.2, 0) is 0 Å². The summed E-state index contributed by atoms with van der Waals surface area (Å²) in [6.07, 6.45) is 3.26. The molecule has 1 unspecified atom stereocenters. The van der Waals surface area contributed by atoms with E-state index in [-0.39, 0.29) is 0 Å². The van der Waals surface area contributed by atoms with Gasteiger partial charge in [-0.05, 0) is 39.7 Å². The monoisotopic (exact) mass is 277 g/mol. The van der Waals surface area contributed by atoms with E-state index in [0.717, 1.165) is 11.3 Å². The van der Waals surface area contributed by atoms with Crippen molar-refractivity contribution in [1.29, 1.82) is 0 Å². The van der Waals surface area contributed by atoms with Crippen LogP contribution in [0.2, 0.25) is 0 Å². The summed E-state index contributed by atoms with van der Waals surface area (Å²) < 4.78 is 5.62. The van der Waals surface area contributed by atoms with Gasteiger partial charge in [0, 0.05) is 24.2 Å². The third-order valence-electron chi connectivity index (χ3n) is 4.34. The molecule has 0 aliphatic carbocycles. The zero-order chi connectivity index (χ0) is 14.5. The smallest absolute Gasteiger partial charge is 0.125 e. The number of hydrogen-bond donors (Lipinski definition) is 1. The second kappa shape index (κ2) is 7.09. The van der Waals surface area contributed by atoms with Crippen LogP contribution in [0.4, 0.5) is 0 Å². The second-order valence-corrected chi connectivity index (χ2v) is 5.81. The zero-order valence-corrected chi connectivity index (χ0v) is 12.9. The van der Waals surface area contributed by atoms with E-state index in [2.05, 4.69) is 18.7 Å². The number of benzene rings is 1. The minimum atomic E-state index is -0.485. The van der Waals surface area contributed by atoms with Crippen LogP contribution in [-0.4, -0.2) is 35.2 Å². The molecule has 1 saturated heterocycles. The molecular formula is C17H27NO2. The summed E-state index contributed by atoms with van der Waals surface area (Å²) in [7, 11) is 0. The Morgan fingerprint density at radius 2 is 1.90 bits per heavy atom. The quantitative estimate of drug-likeness (QED) is 0.895. The van der Waals surface area contributed by atoms with Gasteiger partial charge in [-0.3, -0.25) is 4.90 Å². The third-order valence-corrected chi connectivity index (χ3v) is 4.34. The largest absolute Gasteiger partial charge is 0.493 e. The molecule has 0 radical (unpaired) electrons. The molecule has 0 bridgehead atoms. The first kappa shape index (κ1) is 15.3. The van der Waals surface area contributed by atoms with Crippen molar-refractivity contribution in [3.05, 3.63) is 29.8 Å². The van der Waals surface area contributed by atoms with Crippen LogP contribution in [0.15, 0.2) is 24.3 Å². The summed E-state index contributed by atoms with van der Waals surface area (Å²) in [5.74, 6) is 0.805. The van der Waals surface area contributed by atoms with Gasteiger partial charge in [-0.15, -0.1) is 0 Å². The Hall–Kier alpha value is -1.06. The van der Waals surface area contributed by atoms with Crippen LogP contribution < -0.4 is 4.74 Å². The summed E-state index contributed by atoms with van der Waals surface area (Å²) in [6.45, 7) is 7.80. The lowest BCUT2D eigenvalue weighted by Gasteiger charge is -2.40. The van der Waals surface area contributed by atoms with Gasteiger partial charge in [0.15, 0.2) is 0 Å². The van der Waals surface area contributed by atoms with E-state index in [1.165, 1.54) is 19.3 Å². The fourth-order valence-corrected chi connectivity index (χ4v) is 3.18. The molecule has 3 nitrogen and oxygen atoms in total. The molecule has 20 heavy (non-hydrogen) atoms. The summed E-state index contributed by atoms with van der Waals surface area (Å²) in [5.41, 5.74) is 0.902. The van der Waals surface area contributed by atoms with Crippen LogP contribution >= 0.6 is 0 Å². The fraction of sp³-hybridized carbons (Fsp3) is 0.647. The maximum Gasteiger partial charge on any atom is 0.125 e. The number of hydrogen-bond acceptors (Lipinski definition) is 3. The normalized spacial score (nSPS) is 25.4. The average Bonchev–Trinajstić information content (AvgIpc) is 2.44. The molecule has 0 amide bonds. The second-order valence-electron chi connectivity index (χ2n) is 5.81. The Labute approximate surface area is 122 Å². The predicted octanol–water partition coefficient (Wildman–Crippen LogP) is 3.38. The SMILES string of the molecule is CCOc1ccccc1C(O)CN1[C@H](C)CCC[C@@H]1C. The van der Waals surface area contributed by atoms with Gasteiger partial charge in [0.1, 0.15) is 5.75 Å². The van der Waals surface area contributed by atoms with E-state index in [1.807, 2.05) is 31.2 Å². The molecule has 1 heterocycles. The molecule has 2 rings (SSSR count). The van der Waals surface area contributed by atoms with Crippen molar-refractivity contribution >= 4 is 0 Å². The molecule has 1 aromatic carbocycles. The summed E-state index contributed by atoms with van der Waals surface area (Å²) in [4.78, 5) is 2.43. The van der Waals surface area contributed by atoms with Crippen molar-refractivity contribution in [2.75, 3.05) is 13.2 Å². The molecule has 1 fully saturated rings. The highest BCUT2D eigenvalue weighted by Gasteiger charge is 2.27. The van der Waals surface area contributed by atoms with Crippen molar-refractivity contribution in [2.24, 2.45) is 0 Å². The van der Waals surface area contributed by atoms with Gasteiger partial charge in [-0.1, -0.05) is 24.6 Å². The Bertz CT molecular complexity index is 411. The zero-order valence-electron chi connectivity index (χ0n) is 12.9. The van der Waals surface area contributed by atoms with E-state index in [0.29, 0.717) is 25.2 Å². The maximum atomic E-state index is 10.6. The van der Waals surface area contributed by atoms with E-state index < -0.39 is 6.10 Å². The van der Waals surface area contributed by atoms with Gasteiger partial charge in [0.25, 0.3) is 0 Å². The van der Waals surface area contributed by atoms with Gasteiger partial charge in [0.2, 0.25) is 0 Å². The minimum absolute atomic E-state index is 0.485. The number of likely N-dealkylation sites (tertiary alicyclic amines) is 1. The van der Waals surface area contributed by atoms with Crippen LogP contribution in [0.5, 0.6) is 5.75 Å².